The highest BCUT2D eigenvalue weighted by Crippen LogP contribution is 2.29. The van der Waals surface area contributed by atoms with Crippen LogP contribution >= 0.6 is 0 Å². The van der Waals surface area contributed by atoms with Crippen LogP contribution in [0.3, 0.4) is 0 Å². The van der Waals surface area contributed by atoms with Gasteiger partial charge in [-0.15, -0.1) is 0 Å². The van der Waals surface area contributed by atoms with Crippen molar-refractivity contribution in [3.8, 4) is 0 Å². The highest BCUT2D eigenvalue weighted by molar-refractivity contribution is 7.85. The van der Waals surface area contributed by atoms with Crippen molar-refractivity contribution in [1.82, 2.24) is 5.32 Å². The molecule has 0 aromatic rings. The minimum absolute atomic E-state index is 0.509. The van der Waals surface area contributed by atoms with Crippen molar-refractivity contribution in [3.05, 3.63) is 0 Å². The topological polar surface area (TPSA) is 29.1 Å². The predicted octanol–water partition coefficient (Wildman–Crippen LogP) is 3.24. The smallest absolute Gasteiger partial charge is 0.0394 e. The van der Waals surface area contributed by atoms with Crippen LogP contribution in [-0.4, -0.2) is 27.8 Å². The van der Waals surface area contributed by atoms with E-state index in [0.717, 1.165) is 18.2 Å². The van der Waals surface area contributed by atoms with E-state index in [9.17, 15) is 4.21 Å². The van der Waals surface area contributed by atoms with Gasteiger partial charge in [-0.1, -0.05) is 39.0 Å². The van der Waals surface area contributed by atoms with Crippen molar-refractivity contribution in [2.75, 3.05) is 12.3 Å². The zero-order chi connectivity index (χ0) is 12.8. The maximum absolute atomic E-state index is 12.4. The van der Waals surface area contributed by atoms with Crippen molar-refractivity contribution >= 4 is 10.8 Å². The Hall–Kier alpha value is 0.110. The SMILES string of the molecule is CCNC(CS(=O)C1CCCC1)C1CCCCC1. The van der Waals surface area contributed by atoms with Crippen LogP contribution in [0.5, 0.6) is 0 Å². The molecule has 2 nitrogen and oxygen atoms in total. The van der Waals surface area contributed by atoms with Crippen molar-refractivity contribution in [1.29, 1.82) is 0 Å². The summed E-state index contributed by atoms with van der Waals surface area (Å²) in [7, 11) is -0.591. The van der Waals surface area contributed by atoms with Crippen LogP contribution in [0.15, 0.2) is 0 Å². The van der Waals surface area contributed by atoms with Gasteiger partial charge in [-0.05, 0) is 38.1 Å². The lowest BCUT2D eigenvalue weighted by molar-refractivity contribution is 0.286. The fourth-order valence-corrected chi connectivity index (χ4v) is 5.50. The van der Waals surface area contributed by atoms with Gasteiger partial charge in [-0.25, -0.2) is 0 Å². The molecule has 0 aromatic heterocycles. The van der Waals surface area contributed by atoms with Crippen LogP contribution in [-0.2, 0) is 10.8 Å². The molecule has 2 atom stereocenters. The Morgan fingerprint density at radius 1 is 1.06 bits per heavy atom. The van der Waals surface area contributed by atoms with Gasteiger partial charge >= 0.3 is 0 Å². The summed E-state index contributed by atoms with van der Waals surface area (Å²) in [6.45, 7) is 3.19. The normalized spacial score (nSPS) is 26.3. The molecule has 0 bridgehead atoms. The molecule has 0 aliphatic heterocycles. The number of hydrogen-bond donors (Lipinski definition) is 1. The Labute approximate surface area is 115 Å². The lowest BCUT2D eigenvalue weighted by Crippen LogP contribution is -2.42. The first-order valence-corrected chi connectivity index (χ1v) is 9.30. The maximum atomic E-state index is 12.4. The molecule has 18 heavy (non-hydrogen) atoms. The molecule has 106 valence electrons. The molecular formula is C15H29NOS. The first-order chi connectivity index (χ1) is 8.81. The van der Waals surface area contributed by atoms with Gasteiger partial charge in [0.25, 0.3) is 0 Å². The van der Waals surface area contributed by atoms with Crippen LogP contribution in [0.2, 0.25) is 0 Å². The summed E-state index contributed by atoms with van der Waals surface area (Å²) in [5.74, 6) is 1.69. The van der Waals surface area contributed by atoms with E-state index in [4.69, 9.17) is 0 Å². The van der Waals surface area contributed by atoms with Gasteiger partial charge < -0.3 is 5.32 Å². The second kappa shape index (κ2) is 7.64. The Bertz CT molecular complexity index is 257. The fourth-order valence-electron chi connectivity index (χ4n) is 3.62. The molecule has 2 aliphatic rings. The molecule has 2 fully saturated rings. The standard InChI is InChI=1S/C15H29NOS/c1-2-16-15(13-8-4-3-5-9-13)12-18(17)14-10-6-7-11-14/h13-16H,2-12H2,1H3. The van der Waals surface area contributed by atoms with Crippen molar-refractivity contribution in [3.63, 3.8) is 0 Å². The average Bonchev–Trinajstić information content (AvgIpc) is 2.93. The molecule has 2 rings (SSSR count). The molecule has 0 heterocycles. The van der Waals surface area contributed by atoms with Crippen LogP contribution in [0, 0.1) is 5.92 Å². The van der Waals surface area contributed by atoms with E-state index in [2.05, 4.69) is 12.2 Å². The highest BCUT2D eigenvalue weighted by Gasteiger charge is 2.28. The lowest BCUT2D eigenvalue weighted by Gasteiger charge is -2.31. The first kappa shape index (κ1) is 14.5. The quantitative estimate of drug-likeness (QED) is 0.803. The number of hydrogen-bond acceptors (Lipinski definition) is 2. The monoisotopic (exact) mass is 271 g/mol. The third-order valence-electron chi connectivity index (χ3n) is 4.70. The second-order valence-electron chi connectivity index (χ2n) is 6.02. The minimum atomic E-state index is -0.591. The van der Waals surface area contributed by atoms with Crippen LogP contribution in [0.25, 0.3) is 0 Å². The molecule has 0 aromatic carbocycles. The Kier molecular flexibility index (Phi) is 6.16. The van der Waals surface area contributed by atoms with Crippen LogP contribution < -0.4 is 5.32 Å². The van der Waals surface area contributed by atoms with E-state index in [-0.39, 0.29) is 0 Å². The van der Waals surface area contributed by atoms with Crippen LogP contribution in [0.4, 0.5) is 0 Å². The van der Waals surface area contributed by atoms with Crippen molar-refractivity contribution in [2.24, 2.45) is 5.92 Å². The third-order valence-corrected chi connectivity index (χ3v) is 6.61. The molecule has 0 spiro atoms. The van der Waals surface area contributed by atoms with Crippen molar-refractivity contribution < 1.29 is 4.21 Å². The Morgan fingerprint density at radius 2 is 1.67 bits per heavy atom. The van der Waals surface area contributed by atoms with E-state index in [1.54, 1.807) is 0 Å². The average molecular weight is 271 g/mol. The molecule has 1 N–H and O–H groups in total. The molecule has 0 radical (unpaired) electrons. The maximum Gasteiger partial charge on any atom is 0.0394 e. The molecule has 2 aliphatic carbocycles. The zero-order valence-corrected chi connectivity index (χ0v) is 12.6. The van der Waals surface area contributed by atoms with Gasteiger partial charge in [-0.2, -0.15) is 0 Å². The molecule has 3 heteroatoms. The summed E-state index contributed by atoms with van der Waals surface area (Å²) in [6, 6.07) is 0.511. The minimum Gasteiger partial charge on any atom is -0.313 e. The number of nitrogens with one attached hydrogen (secondary N) is 1. The largest absolute Gasteiger partial charge is 0.313 e. The summed E-state index contributed by atoms with van der Waals surface area (Å²) in [4.78, 5) is 0. The van der Waals surface area contributed by atoms with Gasteiger partial charge in [0.1, 0.15) is 0 Å². The summed E-state index contributed by atoms with van der Waals surface area (Å²) >= 11 is 0. The van der Waals surface area contributed by atoms with E-state index >= 15 is 0 Å². The third kappa shape index (κ3) is 4.06. The summed E-state index contributed by atoms with van der Waals surface area (Å²) in [5, 5.41) is 4.12. The summed E-state index contributed by atoms with van der Waals surface area (Å²) < 4.78 is 12.4. The molecule has 2 unspecified atom stereocenters. The van der Waals surface area contributed by atoms with E-state index in [0.29, 0.717) is 11.3 Å². The molecule has 2 saturated carbocycles. The summed E-state index contributed by atoms with van der Waals surface area (Å²) in [5.41, 5.74) is 0. The summed E-state index contributed by atoms with van der Waals surface area (Å²) in [6.07, 6.45) is 11.9. The Morgan fingerprint density at radius 3 is 2.28 bits per heavy atom. The van der Waals surface area contributed by atoms with E-state index < -0.39 is 10.8 Å². The molecule has 0 amide bonds. The van der Waals surface area contributed by atoms with Gasteiger partial charge in [0.15, 0.2) is 0 Å². The van der Waals surface area contributed by atoms with Gasteiger partial charge in [0.05, 0.1) is 0 Å². The first-order valence-electron chi connectivity index (χ1n) is 7.91. The van der Waals surface area contributed by atoms with Crippen LogP contribution in [0.1, 0.15) is 64.7 Å². The molecular weight excluding hydrogens is 242 g/mol. The fraction of sp³-hybridized carbons (Fsp3) is 1.00. The number of rotatable bonds is 6. The van der Waals surface area contributed by atoms with E-state index in [1.165, 1.54) is 57.8 Å². The second-order valence-corrected chi connectivity index (χ2v) is 7.78. The van der Waals surface area contributed by atoms with Crippen molar-refractivity contribution in [2.45, 2.75) is 76.0 Å². The molecule has 0 saturated heterocycles. The van der Waals surface area contributed by atoms with Gasteiger partial charge in [0, 0.05) is 27.8 Å². The highest BCUT2D eigenvalue weighted by atomic mass is 32.2. The Balaban J connectivity index is 1.85. The van der Waals surface area contributed by atoms with Gasteiger partial charge in [-0.3, -0.25) is 4.21 Å². The van der Waals surface area contributed by atoms with Gasteiger partial charge in [0.2, 0.25) is 0 Å². The van der Waals surface area contributed by atoms with E-state index in [1.807, 2.05) is 0 Å². The lowest BCUT2D eigenvalue weighted by atomic mass is 9.84. The predicted molar refractivity (Wildman–Crippen MR) is 79.3 cm³/mol. The zero-order valence-electron chi connectivity index (χ0n) is 11.8.